The predicted octanol–water partition coefficient (Wildman–Crippen LogP) is 0.0924. The van der Waals surface area contributed by atoms with E-state index in [0.29, 0.717) is 0 Å². The molecule has 2 N–H and O–H groups in total. The van der Waals surface area contributed by atoms with E-state index in [0.717, 1.165) is 6.92 Å². The Hall–Kier alpha value is -1.35. The molecule has 4 atom stereocenters. The number of rotatable bonds is 2. The first-order chi connectivity index (χ1) is 8.61. The van der Waals surface area contributed by atoms with Gasteiger partial charge in [-0.05, 0) is 6.92 Å². The number of alkyl halides is 3. The number of ether oxygens (including phenoxy) is 2. The van der Waals surface area contributed by atoms with E-state index in [1.165, 1.54) is 6.92 Å². The molecule has 110 valence electrons. The average Bonchev–Trinajstić information content (AvgIpc) is 2.21. The van der Waals surface area contributed by atoms with Crippen molar-refractivity contribution in [3.63, 3.8) is 0 Å². The Morgan fingerprint density at radius 3 is 2.47 bits per heavy atom. The van der Waals surface area contributed by atoms with E-state index in [-0.39, 0.29) is 6.42 Å². The van der Waals surface area contributed by atoms with Crippen LogP contribution in [0.1, 0.15) is 20.3 Å². The number of halogens is 3. The summed E-state index contributed by atoms with van der Waals surface area (Å²) in [7, 11) is 0. The van der Waals surface area contributed by atoms with Crippen LogP contribution >= 0.6 is 0 Å². The molecule has 1 heterocycles. The Morgan fingerprint density at radius 1 is 1.42 bits per heavy atom. The monoisotopic (exact) mass is 285 g/mol. The number of esters is 1. The largest absolute Gasteiger partial charge is 0.471 e. The smallest absolute Gasteiger partial charge is 0.458 e. The lowest BCUT2D eigenvalue weighted by Gasteiger charge is -2.38. The van der Waals surface area contributed by atoms with Crippen LogP contribution in [0.15, 0.2) is 0 Å². The van der Waals surface area contributed by atoms with Gasteiger partial charge in [0.1, 0.15) is 6.10 Å². The molecule has 0 spiro atoms. The molecule has 1 aliphatic rings. The van der Waals surface area contributed by atoms with Crippen molar-refractivity contribution >= 4 is 11.9 Å². The van der Waals surface area contributed by atoms with Crippen molar-refractivity contribution in [3.8, 4) is 0 Å². The molecule has 0 aromatic carbocycles. The highest BCUT2D eigenvalue weighted by atomic mass is 19.4. The molecule has 1 amide bonds. The van der Waals surface area contributed by atoms with E-state index < -0.39 is 42.6 Å². The van der Waals surface area contributed by atoms with Crippen LogP contribution < -0.4 is 5.32 Å². The number of nitrogens with one attached hydrogen (secondary N) is 1. The Balaban J connectivity index is 2.79. The van der Waals surface area contributed by atoms with Crippen LogP contribution in [0, 0.1) is 0 Å². The zero-order valence-corrected chi connectivity index (χ0v) is 10.2. The zero-order chi connectivity index (χ0) is 14.8. The minimum absolute atomic E-state index is 0.301. The number of carbonyl (C=O) groups excluding carboxylic acids is 2. The van der Waals surface area contributed by atoms with Crippen molar-refractivity contribution in [2.75, 3.05) is 0 Å². The third kappa shape index (κ3) is 4.35. The van der Waals surface area contributed by atoms with Gasteiger partial charge in [-0.25, -0.2) is 0 Å². The topological polar surface area (TPSA) is 84.9 Å². The Kier molecular flexibility index (Phi) is 4.75. The standard InChI is InChI=1S/C10H14F3NO5/c1-4-8(19-5(2)15)6(3-7(16)18-4)14-9(17)10(11,12)13/h4,6-8,16H,3H2,1-2H3,(H,14,17)/t4-,6-,7-,8-/m1/s1. The average molecular weight is 285 g/mol. The summed E-state index contributed by atoms with van der Waals surface area (Å²) in [6, 6.07) is -1.17. The summed E-state index contributed by atoms with van der Waals surface area (Å²) in [6.07, 6.45) is -8.61. The maximum absolute atomic E-state index is 12.2. The molecule has 1 fully saturated rings. The first kappa shape index (κ1) is 15.7. The molecule has 0 bridgehead atoms. The molecular formula is C10H14F3NO5. The van der Waals surface area contributed by atoms with Gasteiger partial charge in [0.25, 0.3) is 0 Å². The SMILES string of the molecule is CC(=O)O[C@H]1[C@H](NC(=O)C(F)(F)F)C[C@H](O)O[C@@H]1C. The fourth-order valence-electron chi connectivity index (χ4n) is 1.82. The molecule has 0 aromatic heterocycles. The molecule has 0 aliphatic carbocycles. The number of aliphatic hydroxyl groups is 1. The van der Waals surface area contributed by atoms with Gasteiger partial charge in [-0.3, -0.25) is 9.59 Å². The second-order valence-electron chi connectivity index (χ2n) is 4.18. The van der Waals surface area contributed by atoms with Crippen LogP contribution in [-0.2, 0) is 19.1 Å². The Bertz CT molecular complexity index is 360. The van der Waals surface area contributed by atoms with Gasteiger partial charge in [0.2, 0.25) is 0 Å². The van der Waals surface area contributed by atoms with Crippen LogP contribution in [0.25, 0.3) is 0 Å². The third-order valence-electron chi connectivity index (χ3n) is 2.56. The molecule has 6 nitrogen and oxygen atoms in total. The zero-order valence-electron chi connectivity index (χ0n) is 10.2. The van der Waals surface area contributed by atoms with Crippen LogP contribution in [0.3, 0.4) is 0 Å². The molecular weight excluding hydrogens is 271 g/mol. The highest BCUT2D eigenvalue weighted by Crippen LogP contribution is 2.23. The van der Waals surface area contributed by atoms with Gasteiger partial charge in [-0.1, -0.05) is 0 Å². The van der Waals surface area contributed by atoms with Crippen molar-refractivity contribution in [2.24, 2.45) is 0 Å². The van der Waals surface area contributed by atoms with Crippen LogP contribution in [0.2, 0.25) is 0 Å². The van der Waals surface area contributed by atoms with Gasteiger partial charge in [0.05, 0.1) is 12.1 Å². The molecule has 0 unspecified atom stereocenters. The number of hydrogen-bond donors (Lipinski definition) is 2. The highest BCUT2D eigenvalue weighted by molar-refractivity contribution is 5.82. The molecule has 1 aliphatic heterocycles. The number of hydrogen-bond acceptors (Lipinski definition) is 5. The van der Waals surface area contributed by atoms with Crippen molar-refractivity contribution in [3.05, 3.63) is 0 Å². The Morgan fingerprint density at radius 2 is 2.00 bits per heavy atom. The summed E-state index contributed by atoms with van der Waals surface area (Å²) in [5.74, 6) is -2.88. The van der Waals surface area contributed by atoms with Crippen molar-refractivity contribution in [2.45, 2.75) is 51.0 Å². The van der Waals surface area contributed by atoms with Crippen LogP contribution in [0.5, 0.6) is 0 Å². The summed E-state index contributed by atoms with van der Waals surface area (Å²) in [5.41, 5.74) is 0. The van der Waals surface area contributed by atoms with Crippen LogP contribution in [-0.4, -0.2) is 47.7 Å². The fourth-order valence-corrected chi connectivity index (χ4v) is 1.82. The normalized spacial score (nSPS) is 31.7. The van der Waals surface area contributed by atoms with Gasteiger partial charge in [0, 0.05) is 13.3 Å². The summed E-state index contributed by atoms with van der Waals surface area (Å²) in [5, 5.41) is 11.0. The number of carbonyl (C=O) groups is 2. The lowest BCUT2D eigenvalue weighted by Crippen LogP contribution is -2.58. The van der Waals surface area contributed by atoms with Gasteiger partial charge in [0.15, 0.2) is 6.29 Å². The summed E-state index contributed by atoms with van der Waals surface area (Å²) in [4.78, 5) is 21.8. The number of aliphatic hydroxyl groups excluding tert-OH is 1. The van der Waals surface area contributed by atoms with E-state index in [1.54, 1.807) is 5.32 Å². The van der Waals surface area contributed by atoms with Gasteiger partial charge < -0.3 is 19.9 Å². The maximum atomic E-state index is 12.2. The second kappa shape index (κ2) is 5.74. The fraction of sp³-hybridized carbons (Fsp3) is 0.800. The molecule has 0 radical (unpaired) electrons. The molecule has 9 heteroatoms. The van der Waals surface area contributed by atoms with Crippen LogP contribution in [0.4, 0.5) is 13.2 Å². The maximum Gasteiger partial charge on any atom is 0.471 e. The lowest BCUT2D eigenvalue weighted by atomic mass is 9.99. The van der Waals surface area contributed by atoms with E-state index in [9.17, 15) is 27.9 Å². The van der Waals surface area contributed by atoms with E-state index in [1.807, 2.05) is 0 Å². The molecule has 1 rings (SSSR count). The molecule has 0 saturated carbocycles. The highest BCUT2D eigenvalue weighted by Gasteiger charge is 2.45. The summed E-state index contributed by atoms with van der Waals surface area (Å²) in [6.45, 7) is 2.50. The molecule has 0 aromatic rings. The van der Waals surface area contributed by atoms with Gasteiger partial charge in [-0.15, -0.1) is 0 Å². The van der Waals surface area contributed by atoms with Crippen molar-refractivity contribution in [1.82, 2.24) is 5.32 Å². The second-order valence-corrected chi connectivity index (χ2v) is 4.18. The van der Waals surface area contributed by atoms with Crippen molar-refractivity contribution in [1.29, 1.82) is 0 Å². The van der Waals surface area contributed by atoms with E-state index in [4.69, 9.17) is 9.47 Å². The predicted molar refractivity (Wildman–Crippen MR) is 54.7 cm³/mol. The lowest BCUT2D eigenvalue weighted by molar-refractivity contribution is -0.217. The minimum Gasteiger partial charge on any atom is -0.458 e. The van der Waals surface area contributed by atoms with E-state index in [2.05, 4.69) is 0 Å². The molecule has 19 heavy (non-hydrogen) atoms. The molecule has 1 saturated heterocycles. The van der Waals surface area contributed by atoms with E-state index >= 15 is 0 Å². The summed E-state index contributed by atoms with van der Waals surface area (Å²) < 4.78 is 46.3. The first-order valence-corrected chi connectivity index (χ1v) is 5.49. The van der Waals surface area contributed by atoms with Crippen molar-refractivity contribution < 1.29 is 37.3 Å². The number of amides is 1. The first-order valence-electron chi connectivity index (χ1n) is 5.49. The summed E-state index contributed by atoms with van der Waals surface area (Å²) >= 11 is 0. The Labute approximate surface area is 106 Å². The van der Waals surface area contributed by atoms with Gasteiger partial charge in [-0.2, -0.15) is 13.2 Å². The third-order valence-corrected chi connectivity index (χ3v) is 2.56. The minimum atomic E-state index is -5.05. The van der Waals surface area contributed by atoms with Gasteiger partial charge >= 0.3 is 18.1 Å². The quantitative estimate of drug-likeness (QED) is 0.703.